The van der Waals surface area contributed by atoms with Crippen LogP contribution >= 0.6 is 0 Å². The van der Waals surface area contributed by atoms with Crippen molar-refractivity contribution in [2.45, 2.75) is 38.6 Å². The molecule has 0 aliphatic carbocycles. The number of rotatable bonds is 10. The number of carbonyl (C=O) groups excluding carboxylic acids is 1. The number of methoxy groups -OCH3 is 1. The van der Waals surface area contributed by atoms with Gasteiger partial charge in [-0.2, -0.15) is 0 Å². The summed E-state index contributed by atoms with van der Waals surface area (Å²) in [5, 5.41) is 2.82. The molecule has 0 aliphatic heterocycles. The zero-order valence-corrected chi connectivity index (χ0v) is 11.3. The van der Waals surface area contributed by atoms with Gasteiger partial charge in [-0.3, -0.25) is 4.79 Å². The monoisotopic (exact) mass is 246 g/mol. The van der Waals surface area contributed by atoms with Gasteiger partial charge in [0.1, 0.15) is 0 Å². The molecule has 0 aromatic heterocycles. The van der Waals surface area contributed by atoms with E-state index >= 15 is 0 Å². The fourth-order valence-electron chi connectivity index (χ4n) is 1.46. The third-order valence-electron chi connectivity index (χ3n) is 2.47. The lowest BCUT2D eigenvalue weighted by atomic mass is 9.96. The van der Waals surface area contributed by atoms with Crippen LogP contribution in [0.2, 0.25) is 0 Å². The molecule has 0 bridgehead atoms. The molecule has 0 saturated heterocycles. The van der Waals surface area contributed by atoms with Crippen LogP contribution < -0.4 is 11.1 Å². The Balaban J connectivity index is 3.51. The van der Waals surface area contributed by atoms with E-state index in [0.717, 1.165) is 12.8 Å². The Bertz CT molecular complexity index is 208. The molecule has 0 fully saturated rings. The van der Waals surface area contributed by atoms with Crippen LogP contribution in [0.4, 0.5) is 0 Å². The molecule has 1 amide bonds. The van der Waals surface area contributed by atoms with Crippen molar-refractivity contribution in [3.8, 4) is 0 Å². The van der Waals surface area contributed by atoms with E-state index in [2.05, 4.69) is 5.32 Å². The van der Waals surface area contributed by atoms with Crippen LogP contribution in [0.3, 0.4) is 0 Å². The van der Waals surface area contributed by atoms with Gasteiger partial charge < -0.3 is 20.5 Å². The van der Waals surface area contributed by atoms with Crippen molar-refractivity contribution in [3.05, 3.63) is 0 Å². The maximum atomic E-state index is 11.7. The third-order valence-corrected chi connectivity index (χ3v) is 2.47. The van der Waals surface area contributed by atoms with E-state index in [9.17, 15) is 4.79 Å². The van der Waals surface area contributed by atoms with E-state index in [4.69, 9.17) is 15.2 Å². The third kappa shape index (κ3) is 8.12. The molecule has 5 heteroatoms. The van der Waals surface area contributed by atoms with Crippen molar-refractivity contribution in [2.75, 3.05) is 33.5 Å². The molecule has 0 heterocycles. The van der Waals surface area contributed by atoms with Gasteiger partial charge in [-0.15, -0.1) is 0 Å². The Morgan fingerprint density at radius 2 is 2.06 bits per heavy atom. The zero-order chi connectivity index (χ0) is 13.1. The average molecular weight is 246 g/mol. The summed E-state index contributed by atoms with van der Waals surface area (Å²) in [6.45, 7) is 6.20. The van der Waals surface area contributed by atoms with E-state index in [-0.39, 0.29) is 5.91 Å². The number of hydrogen-bond acceptors (Lipinski definition) is 4. The first-order chi connectivity index (χ1) is 8.04. The van der Waals surface area contributed by atoms with Gasteiger partial charge in [0, 0.05) is 20.3 Å². The minimum atomic E-state index is -0.758. The van der Waals surface area contributed by atoms with Crippen LogP contribution in [-0.4, -0.2) is 44.9 Å². The Morgan fingerprint density at radius 1 is 1.35 bits per heavy atom. The molecule has 102 valence electrons. The summed E-state index contributed by atoms with van der Waals surface area (Å²) < 4.78 is 10.1. The van der Waals surface area contributed by atoms with Crippen LogP contribution in [0.25, 0.3) is 0 Å². The van der Waals surface area contributed by atoms with Crippen LogP contribution in [0.1, 0.15) is 33.1 Å². The molecule has 1 unspecified atom stereocenters. The summed E-state index contributed by atoms with van der Waals surface area (Å²) in [6.07, 6.45) is 2.39. The van der Waals surface area contributed by atoms with Crippen molar-refractivity contribution in [1.82, 2.24) is 5.32 Å². The predicted octanol–water partition coefficient (Wildman–Crippen LogP) is 0.673. The molecule has 1 atom stereocenters. The lowest BCUT2D eigenvalue weighted by molar-refractivity contribution is -0.126. The van der Waals surface area contributed by atoms with E-state index in [1.807, 2.05) is 6.92 Å². The highest BCUT2D eigenvalue weighted by Gasteiger charge is 2.26. The topological polar surface area (TPSA) is 73.6 Å². The van der Waals surface area contributed by atoms with Crippen LogP contribution in [-0.2, 0) is 14.3 Å². The van der Waals surface area contributed by atoms with Gasteiger partial charge in [0.05, 0.1) is 18.8 Å². The SMILES string of the molecule is CCCC(C)(N)C(=O)NCCCOCCOC. The molecule has 0 aromatic carbocycles. The van der Waals surface area contributed by atoms with Crippen molar-refractivity contribution in [2.24, 2.45) is 5.73 Å². The minimum absolute atomic E-state index is 0.0868. The number of carbonyl (C=O) groups is 1. The second-order valence-electron chi connectivity index (χ2n) is 4.38. The lowest BCUT2D eigenvalue weighted by Gasteiger charge is -2.22. The Kier molecular flexibility index (Phi) is 9.03. The molecule has 0 radical (unpaired) electrons. The number of amides is 1. The summed E-state index contributed by atoms with van der Waals surface area (Å²) in [5.41, 5.74) is 5.13. The molecule has 0 rings (SSSR count). The Labute approximate surface area is 104 Å². The number of nitrogens with one attached hydrogen (secondary N) is 1. The normalized spacial score (nSPS) is 14.4. The zero-order valence-electron chi connectivity index (χ0n) is 11.3. The molecule has 3 N–H and O–H groups in total. The van der Waals surface area contributed by atoms with Gasteiger partial charge in [0.25, 0.3) is 0 Å². The Hall–Kier alpha value is -0.650. The predicted molar refractivity (Wildman–Crippen MR) is 67.8 cm³/mol. The fraction of sp³-hybridized carbons (Fsp3) is 0.917. The largest absolute Gasteiger partial charge is 0.382 e. The average Bonchev–Trinajstić information content (AvgIpc) is 2.27. The van der Waals surface area contributed by atoms with Crippen LogP contribution in [0.15, 0.2) is 0 Å². The highest BCUT2D eigenvalue weighted by molar-refractivity contribution is 5.85. The number of ether oxygens (including phenoxy) is 2. The first-order valence-corrected chi connectivity index (χ1v) is 6.18. The Morgan fingerprint density at radius 3 is 2.65 bits per heavy atom. The summed E-state index contributed by atoms with van der Waals surface area (Å²) in [6, 6.07) is 0. The second kappa shape index (κ2) is 9.39. The quantitative estimate of drug-likeness (QED) is 0.556. The highest BCUT2D eigenvalue weighted by atomic mass is 16.5. The molecule has 17 heavy (non-hydrogen) atoms. The van der Waals surface area contributed by atoms with Gasteiger partial charge in [-0.1, -0.05) is 13.3 Å². The van der Waals surface area contributed by atoms with Gasteiger partial charge in [-0.05, 0) is 19.8 Å². The van der Waals surface area contributed by atoms with Gasteiger partial charge in [-0.25, -0.2) is 0 Å². The van der Waals surface area contributed by atoms with Crippen molar-refractivity contribution >= 4 is 5.91 Å². The maximum Gasteiger partial charge on any atom is 0.239 e. The van der Waals surface area contributed by atoms with Gasteiger partial charge in [0.15, 0.2) is 0 Å². The summed E-state index contributed by atoms with van der Waals surface area (Å²) in [4.78, 5) is 11.7. The van der Waals surface area contributed by atoms with E-state index in [0.29, 0.717) is 32.8 Å². The lowest BCUT2D eigenvalue weighted by Crippen LogP contribution is -2.51. The fourth-order valence-corrected chi connectivity index (χ4v) is 1.46. The van der Waals surface area contributed by atoms with Gasteiger partial charge in [0.2, 0.25) is 5.91 Å². The van der Waals surface area contributed by atoms with E-state index in [1.165, 1.54) is 0 Å². The number of hydrogen-bond donors (Lipinski definition) is 2. The highest BCUT2D eigenvalue weighted by Crippen LogP contribution is 2.07. The molecule has 0 spiro atoms. The van der Waals surface area contributed by atoms with Crippen molar-refractivity contribution in [3.63, 3.8) is 0 Å². The summed E-state index contributed by atoms with van der Waals surface area (Å²) in [7, 11) is 1.64. The van der Waals surface area contributed by atoms with Crippen molar-refractivity contribution in [1.29, 1.82) is 0 Å². The molecule has 0 saturated carbocycles. The summed E-state index contributed by atoms with van der Waals surface area (Å²) >= 11 is 0. The molecular formula is C12H26N2O3. The first-order valence-electron chi connectivity index (χ1n) is 6.18. The van der Waals surface area contributed by atoms with Crippen LogP contribution in [0, 0.1) is 0 Å². The first kappa shape index (κ1) is 16.4. The molecular weight excluding hydrogens is 220 g/mol. The number of nitrogens with two attached hydrogens (primary N) is 1. The van der Waals surface area contributed by atoms with E-state index < -0.39 is 5.54 Å². The second-order valence-corrected chi connectivity index (χ2v) is 4.38. The maximum absolute atomic E-state index is 11.7. The molecule has 0 aliphatic rings. The van der Waals surface area contributed by atoms with E-state index in [1.54, 1.807) is 14.0 Å². The summed E-state index contributed by atoms with van der Waals surface area (Å²) in [5.74, 6) is -0.0868. The standard InChI is InChI=1S/C12H26N2O3/c1-4-6-12(2,13)11(15)14-7-5-8-17-10-9-16-3/h4-10,13H2,1-3H3,(H,14,15). The van der Waals surface area contributed by atoms with Crippen LogP contribution in [0.5, 0.6) is 0 Å². The van der Waals surface area contributed by atoms with Gasteiger partial charge >= 0.3 is 0 Å². The van der Waals surface area contributed by atoms with Crippen molar-refractivity contribution < 1.29 is 14.3 Å². The molecule has 5 nitrogen and oxygen atoms in total. The molecule has 0 aromatic rings. The minimum Gasteiger partial charge on any atom is -0.382 e. The smallest absolute Gasteiger partial charge is 0.239 e.